The Bertz CT molecular complexity index is 761. The summed E-state index contributed by atoms with van der Waals surface area (Å²) in [6.07, 6.45) is 1.52. The Kier molecular flexibility index (Phi) is 2.30. The van der Waals surface area contributed by atoms with Crippen LogP contribution in [0.25, 0.3) is 21.9 Å². The zero-order valence-electron chi connectivity index (χ0n) is 9.21. The highest BCUT2D eigenvalue weighted by atomic mass is 16.6. The van der Waals surface area contributed by atoms with E-state index in [9.17, 15) is 9.59 Å². The summed E-state index contributed by atoms with van der Waals surface area (Å²) in [5.74, 6) is -0.691. The van der Waals surface area contributed by atoms with E-state index in [1.54, 1.807) is 0 Å². The van der Waals surface area contributed by atoms with Crippen molar-refractivity contribution < 1.29 is 14.3 Å². The van der Waals surface area contributed by atoms with Crippen molar-refractivity contribution in [2.45, 2.75) is 0 Å². The molecule has 2 aromatic heterocycles. The number of pyridine rings is 1. The van der Waals surface area contributed by atoms with Gasteiger partial charge in [-0.15, -0.1) is 0 Å². The summed E-state index contributed by atoms with van der Waals surface area (Å²) in [5, 5.41) is 0.924. The van der Waals surface area contributed by atoms with Crippen molar-refractivity contribution in [2.75, 3.05) is 0 Å². The molecule has 0 saturated carbocycles. The predicted molar refractivity (Wildman–Crippen MR) is 65.1 cm³/mol. The van der Waals surface area contributed by atoms with E-state index in [0.717, 1.165) is 10.9 Å². The monoisotopic (exact) mass is 240 g/mol. The molecule has 0 aliphatic carbocycles. The molecule has 5 nitrogen and oxygen atoms in total. The Morgan fingerprint density at radius 3 is 2.94 bits per heavy atom. The van der Waals surface area contributed by atoms with Crippen LogP contribution in [0.15, 0.2) is 36.5 Å². The molecule has 88 valence electrons. The lowest BCUT2D eigenvalue weighted by molar-refractivity contribution is -0.123. The van der Waals surface area contributed by atoms with E-state index >= 15 is 0 Å². The fraction of sp³-hybridized carbons (Fsp3) is 0. The van der Waals surface area contributed by atoms with Crippen molar-refractivity contribution in [2.24, 2.45) is 0 Å². The van der Waals surface area contributed by atoms with Crippen LogP contribution in [-0.2, 0) is 9.53 Å². The van der Waals surface area contributed by atoms with Crippen LogP contribution in [0.2, 0.25) is 0 Å². The molecule has 3 aromatic rings. The molecular weight excluding hydrogens is 232 g/mol. The first-order valence-electron chi connectivity index (χ1n) is 5.31. The van der Waals surface area contributed by atoms with Gasteiger partial charge in [-0.1, -0.05) is 18.2 Å². The second-order valence-electron chi connectivity index (χ2n) is 3.75. The molecule has 0 atom stereocenters. The first kappa shape index (κ1) is 10.5. The number of fused-ring (bicyclic) bond motifs is 3. The fourth-order valence-electron chi connectivity index (χ4n) is 2.00. The van der Waals surface area contributed by atoms with Crippen molar-refractivity contribution in [3.8, 4) is 0 Å². The largest absolute Gasteiger partial charge is 0.392 e. The number of hydrogen-bond donors (Lipinski definition) is 1. The Hall–Kier alpha value is -2.69. The van der Waals surface area contributed by atoms with Crippen molar-refractivity contribution in [1.29, 1.82) is 0 Å². The number of benzene rings is 1. The molecule has 0 saturated heterocycles. The van der Waals surface area contributed by atoms with Gasteiger partial charge in [0.1, 0.15) is 0 Å². The summed E-state index contributed by atoms with van der Waals surface area (Å²) in [6, 6.07) is 9.11. The van der Waals surface area contributed by atoms with Gasteiger partial charge in [-0.25, -0.2) is 4.79 Å². The van der Waals surface area contributed by atoms with Crippen LogP contribution < -0.4 is 0 Å². The molecule has 1 N–H and O–H groups in total. The normalized spacial score (nSPS) is 10.7. The van der Waals surface area contributed by atoms with E-state index in [4.69, 9.17) is 0 Å². The van der Waals surface area contributed by atoms with Gasteiger partial charge in [0.15, 0.2) is 0 Å². The molecule has 18 heavy (non-hydrogen) atoms. The number of carbonyl (C=O) groups is 2. The number of carbonyl (C=O) groups excluding carboxylic acids is 2. The van der Waals surface area contributed by atoms with Crippen molar-refractivity contribution >= 4 is 34.4 Å². The van der Waals surface area contributed by atoms with E-state index in [-0.39, 0.29) is 6.47 Å². The average Bonchev–Trinajstić information content (AvgIpc) is 2.77. The van der Waals surface area contributed by atoms with Crippen LogP contribution in [0.4, 0.5) is 0 Å². The maximum absolute atomic E-state index is 11.6. The highest BCUT2D eigenvalue weighted by Gasteiger charge is 2.15. The summed E-state index contributed by atoms with van der Waals surface area (Å²) in [5.41, 5.74) is 2.44. The van der Waals surface area contributed by atoms with Crippen LogP contribution in [-0.4, -0.2) is 22.4 Å². The van der Waals surface area contributed by atoms with Gasteiger partial charge in [0, 0.05) is 17.1 Å². The van der Waals surface area contributed by atoms with E-state index in [0.29, 0.717) is 16.6 Å². The zero-order chi connectivity index (χ0) is 12.5. The summed E-state index contributed by atoms with van der Waals surface area (Å²) in [6.45, 7) is 0.122. The molecule has 0 spiro atoms. The smallest absolute Gasteiger partial charge is 0.347 e. The van der Waals surface area contributed by atoms with Crippen molar-refractivity contribution in [3.63, 3.8) is 0 Å². The van der Waals surface area contributed by atoms with Gasteiger partial charge < -0.3 is 9.72 Å². The Morgan fingerprint density at radius 1 is 1.28 bits per heavy atom. The van der Waals surface area contributed by atoms with E-state index in [1.807, 2.05) is 24.3 Å². The number of aromatic nitrogens is 2. The zero-order valence-corrected chi connectivity index (χ0v) is 9.21. The van der Waals surface area contributed by atoms with Crippen LogP contribution in [0.5, 0.6) is 0 Å². The first-order valence-corrected chi connectivity index (χ1v) is 5.31. The number of para-hydroxylation sites is 1. The van der Waals surface area contributed by atoms with Gasteiger partial charge in [-0.2, -0.15) is 0 Å². The highest BCUT2D eigenvalue weighted by molar-refractivity contribution is 6.12. The van der Waals surface area contributed by atoms with Gasteiger partial charge in [0.05, 0.1) is 16.6 Å². The topological polar surface area (TPSA) is 72.1 Å². The van der Waals surface area contributed by atoms with Gasteiger partial charge in [-0.3, -0.25) is 9.78 Å². The second kappa shape index (κ2) is 3.96. The summed E-state index contributed by atoms with van der Waals surface area (Å²) < 4.78 is 4.36. The quantitative estimate of drug-likeness (QED) is 0.422. The molecule has 0 amide bonds. The van der Waals surface area contributed by atoms with Crippen LogP contribution in [0.3, 0.4) is 0 Å². The predicted octanol–water partition coefficient (Wildman–Crippen LogP) is 2.03. The summed E-state index contributed by atoms with van der Waals surface area (Å²) in [4.78, 5) is 29.2. The third-order valence-corrected chi connectivity index (χ3v) is 2.77. The second-order valence-corrected chi connectivity index (χ2v) is 3.75. The molecule has 1 aromatic carbocycles. The number of nitrogens with zero attached hydrogens (tertiary/aromatic N) is 1. The lowest BCUT2D eigenvalue weighted by atomic mass is 10.2. The van der Waals surface area contributed by atoms with Crippen LogP contribution in [0, 0.1) is 0 Å². The number of esters is 1. The maximum atomic E-state index is 11.6. The standard InChI is InChI=1S/C13H8N2O3/c16-7-18-13(17)9-5-6-14-11-8-3-1-2-4-10(8)15-12(9)11/h1-7,15H. The Balaban J connectivity index is 2.34. The number of nitrogens with one attached hydrogen (secondary N) is 1. The third-order valence-electron chi connectivity index (χ3n) is 2.77. The van der Waals surface area contributed by atoms with Crippen molar-refractivity contribution in [3.05, 3.63) is 42.1 Å². The van der Waals surface area contributed by atoms with Gasteiger partial charge in [0.25, 0.3) is 0 Å². The van der Waals surface area contributed by atoms with E-state index < -0.39 is 5.97 Å². The molecule has 0 aliphatic rings. The minimum Gasteiger partial charge on any atom is -0.392 e. The molecule has 0 aliphatic heterocycles. The van der Waals surface area contributed by atoms with Crippen LogP contribution >= 0.6 is 0 Å². The first-order chi connectivity index (χ1) is 8.81. The van der Waals surface area contributed by atoms with Crippen LogP contribution in [0.1, 0.15) is 10.4 Å². The number of rotatable bonds is 2. The van der Waals surface area contributed by atoms with Gasteiger partial charge >= 0.3 is 12.4 Å². The Morgan fingerprint density at radius 2 is 2.11 bits per heavy atom. The minimum atomic E-state index is -0.691. The highest BCUT2D eigenvalue weighted by Crippen LogP contribution is 2.25. The summed E-state index contributed by atoms with van der Waals surface area (Å²) in [7, 11) is 0. The number of ether oxygens (including phenoxy) is 1. The molecular formula is C13H8N2O3. The third kappa shape index (κ3) is 1.45. The SMILES string of the molecule is O=COC(=O)c1ccnc2c1[nH]c1ccccc12. The fourth-order valence-corrected chi connectivity index (χ4v) is 2.00. The van der Waals surface area contributed by atoms with Gasteiger partial charge in [0.2, 0.25) is 0 Å². The molecule has 3 rings (SSSR count). The lowest BCUT2D eigenvalue weighted by Crippen LogP contribution is -2.04. The number of H-pyrrole nitrogens is 1. The molecule has 0 bridgehead atoms. The Labute approximate surface area is 101 Å². The lowest BCUT2D eigenvalue weighted by Gasteiger charge is -1.98. The maximum Gasteiger partial charge on any atom is 0.347 e. The molecule has 0 fully saturated rings. The average molecular weight is 240 g/mol. The molecule has 5 heteroatoms. The molecule has 2 heterocycles. The van der Waals surface area contributed by atoms with Crippen molar-refractivity contribution in [1.82, 2.24) is 9.97 Å². The summed E-state index contributed by atoms with van der Waals surface area (Å²) >= 11 is 0. The number of aromatic amines is 1. The number of hydrogen-bond acceptors (Lipinski definition) is 4. The minimum absolute atomic E-state index is 0.122. The van der Waals surface area contributed by atoms with E-state index in [2.05, 4.69) is 14.7 Å². The van der Waals surface area contributed by atoms with E-state index in [1.165, 1.54) is 12.3 Å². The molecule has 0 radical (unpaired) electrons. The van der Waals surface area contributed by atoms with Gasteiger partial charge in [-0.05, 0) is 12.1 Å². The molecule has 0 unspecified atom stereocenters.